The highest BCUT2D eigenvalue weighted by Crippen LogP contribution is 2.54. The van der Waals surface area contributed by atoms with Crippen LogP contribution in [0.4, 0.5) is 11.4 Å². The van der Waals surface area contributed by atoms with Crippen LogP contribution in [0.3, 0.4) is 0 Å². The molecule has 2 radical (unpaired) electrons. The second-order valence-electron chi connectivity index (χ2n) is 15.7. The summed E-state index contributed by atoms with van der Waals surface area (Å²) >= 11 is 0. The molecule has 7 N–H and O–H groups in total. The lowest BCUT2D eigenvalue weighted by Crippen LogP contribution is -2.47. The van der Waals surface area contributed by atoms with E-state index in [0.29, 0.717) is 23.6 Å². The Morgan fingerprint density at radius 1 is 1.02 bits per heavy atom. The van der Waals surface area contributed by atoms with Crippen LogP contribution in [0.25, 0.3) is 11.1 Å². The number of hydrogen-bond donors (Lipinski definition) is 5. The number of para-hydroxylation sites is 1. The summed E-state index contributed by atoms with van der Waals surface area (Å²) < 4.78 is 2.21. The van der Waals surface area contributed by atoms with Crippen LogP contribution in [0.5, 0.6) is 0 Å². The molecule has 3 aliphatic carbocycles. The van der Waals surface area contributed by atoms with Gasteiger partial charge in [0.15, 0.2) is 0 Å². The SMILES string of the molecule is CC.[B]C(c1cccc(C(=O)N(C)C)n1)N1CCC(n2ncc3c2CN(C)c2c(NC(/C=C(\N)NC(=O)C4CC4)=C(/N)C(=O)NC4CC4)cccc2-3)CC12CC2. The van der Waals surface area contributed by atoms with E-state index in [9.17, 15) is 14.4 Å². The number of anilines is 2. The quantitative estimate of drug-likeness (QED) is 0.110. The third-order valence-corrected chi connectivity index (χ3v) is 11.4. The molecule has 14 nitrogen and oxygen atoms in total. The minimum absolute atomic E-state index is 0.0132. The number of benzene rings is 1. The molecule has 3 amide bonds. The molecule has 3 saturated carbocycles. The molecule has 3 aromatic rings. The number of allylic oxidation sites excluding steroid dienone is 1. The monoisotopic (exact) mass is 759 g/mol. The Bertz CT molecular complexity index is 2060. The first-order valence-corrected chi connectivity index (χ1v) is 19.9. The molecule has 294 valence electrons. The Balaban J connectivity index is 0.00000237. The fraction of sp³-hybridized carbons (Fsp3) is 0.488. The number of carbonyl (C=O) groups excluding carboxylic acids is 3. The van der Waals surface area contributed by atoms with Crippen LogP contribution in [0.2, 0.25) is 0 Å². The Labute approximate surface area is 330 Å². The van der Waals surface area contributed by atoms with Gasteiger partial charge >= 0.3 is 0 Å². The van der Waals surface area contributed by atoms with E-state index in [0.717, 1.165) is 86.1 Å². The molecule has 8 rings (SSSR count). The van der Waals surface area contributed by atoms with Gasteiger partial charge in [-0.2, -0.15) is 5.10 Å². The number of pyridine rings is 1. The number of hydrogen-bond acceptors (Lipinski definition) is 10. The number of piperidine rings is 1. The maximum Gasteiger partial charge on any atom is 0.271 e. The zero-order valence-electron chi connectivity index (χ0n) is 33.1. The van der Waals surface area contributed by atoms with E-state index >= 15 is 0 Å². The smallest absolute Gasteiger partial charge is 0.271 e. The van der Waals surface area contributed by atoms with E-state index in [-0.39, 0.29) is 52.8 Å². The van der Waals surface area contributed by atoms with E-state index in [1.807, 2.05) is 51.4 Å². The number of aromatic nitrogens is 3. The molecular formula is C41H54BN11O3. The number of nitrogens with two attached hydrogens (primary N) is 2. The van der Waals surface area contributed by atoms with Crippen LogP contribution in [-0.4, -0.2) is 89.4 Å². The summed E-state index contributed by atoms with van der Waals surface area (Å²) in [4.78, 5) is 49.0. The van der Waals surface area contributed by atoms with Crippen LogP contribution in [0.15, 0.2) is 65.9 Å². The van der Waals surface area contributed by atoms with Crippen molar-refractivity contribution in [1.82, 2.24) is 35.2 Å². The van der Waals surface area contributed by atoms with Crippen LogP contribution >= 0.6 is 0 Å². The van der Waals surface area contributed by atoms with Gasteiger partial charge in [0, 0.05) is 74.0 Å². The standard InChI is InChI=1S/C39H48BN11O3.C2H6/c1-48(2)38(54)29-9-5-8-28(46-29)35(40)50-17-14-24(19-39(50)15-16-39)51-31-21-49(3)34-25(26(31)20-43-51)6-4-7-27(34)45-30(33(42)37(53)44-23-12-13-23)18-32(41)47-36(52)22-10-11-22;1-2/h4-9,18,20,22-24,35,45H,10-17,19,21,41-42H2,1-3H3,(H,44,53)(H,47,52);1-2H3/b32-18+,33-30+;. The molecule has 1 aromatic carbocycles. The molecule has 1 saturated heterocycles. The highest BCUT2D eigenvalue weighted by Gasteiger charge is 2.53. The number of nitrogens with one attached hydrogen (secondary N) is 3. The number of amides is 3. The lowest BCUT2D eigenvalue weighted by Gasteiger charge is -2.44. The van der Waals surface area contributed by atoms with Crippen LogP contribution in [-0.2, 0) is 16.1 Å². The first kappa shape index (κ1) is 38.9. The zero-order valence-corrected chi connectivity index (χ0v) is 33.1. The average Bonchev–Trinajstić information content (AvgIpc) is 4.10. The first-order chi connectivity index (χ1) is 26.9. The lowest BCUT2D eigenvalue weighted by molar-refractivity contribution is -0.121. The molecule has 5 aliphatic rings. The number of likely N-dealkylation sites (tertiary alicyclic amines) is 1. The van der Waals surface area contributed by atoms with Crippen molar-refractivity contribution in [2.45, 2.75) is 95.3 Å². The molecule has 0 bridgehead atoms. The van der Waals surface area contributed by atoms with E-state index in [2.05, 4.69) is 41.5 Å². The van der Waals surface area contributed by atoms with Gasteiger partial charge in [0.25, 0.3) is 11.8 Å². The van der Waals surface area contributed by atoms with Crippen molar-refractivity contribution in [3.05, 3.63) is 83.0 Å². The summed E-state index contributed by atoms with van der Waals surface area (Å²) in [6, 6.07) is 11.8. The summed E-state index contributed by atoms with van der Waals surface area (Å²) in [5.41, 5.74) is 19.0. The minimum atomic E-state index is -0.411. The number of nitrogens with zero attached hydrogens (tertiary/aromatic N) is 6. The summed E-state index contributed by atoms with van der Waals surface area (Å²) in [6.45, 7) is 5.41. The van der Waals surface area contributed by atoms with Crippen LogP contribution in [0, 0.1) is 5.92 Å². The predicted octanol–water partition coefficient (Wildman–Crippen LogP) is 3.85. The summed E-state index contributed by atoms with van der Waals surface area (Å²) in [5.74, 6) is -0.988. The molecule has 56 heavy (non-hydrogen) atoms. The van der Waals surface area contributed by atoms with E-state index in [1.54, 1.807) is 20.2 Å². The number of carbonyl (C=O) groups is 3. The highest BCUT2D eigenvalue weighted by molar-refractivity contribution is 6.12. The van der Waals surface area contributed by atoms with Crippen molar-refractivity contribution < 1.29 is 14.4 Å². The predicted molar refractivity (Wildman–Crippen MR) is 218 cm³/mol. The van der Waals surface area contributed by atoms with Gasteiger partial charge in [-0.05, 0) is 69.6 Å². The fourth-order valence-corrected chi connectivity index (χ4v) is 7.97. The molecule has 1 spiro atoms. The molecule has 2 unspecified atom stereocenters. The van der Waals surface area contributed by atoms with E-state index in [1.165, 1.54) is 11.0 Å². The van der Waals surface area contributed by atoms with Gasteiger partial charge in [-0.15, -0.1) is 0 Å². The second-order valence-corrected chi connectivity index (χ2v) is 15.7. The topological polar surface area (TPSA) is 180 Å². The van der Waals surface area contributed by atoms with Gasteiger partial charge < -0.3 is 37.2 Å². The third kappa shape index (κ3) is 7.86. The van der Waals surface area contributed by atoms with Crippen molar-refractivity contribution in [2.75, 3.05) is 37.9 Å². The molecule has 4 fully saturated rings. The van der Waals surface area contributed by atoms with Crippen molar-refractivity contribution in [1.29, 1.82) is 0 Å². The molecule has 2 atom stereocenters. The van der Waals surface area contributed by atoms with Gasteiger partial charge in [0.05, 0.1) is 49.4 Å². The Kier molecular flexibility index (Phi) is 10.9. The first-order valence-electron chi connectivity index (χ1n) is 19.9. The maximum absolute atomic E-state index is 13.1. The largest absolute Gasteiger partial charge is 0.393 e. The van der Waals surface area contributed by atoms with E-state index < -0.39 is 5.94 Å². The summed E-state index contributed by atoms with van der Waals surface area (Å²) in [5, 5.41) is 14.1. The second kappa shape index (κ2) is 15.7. The Morgan fingerprint density at radius 2 is 1.75 bits per heavy atom. The summed E-state index contributed by atoms with van der Waals surface area (Å²) in [7, 11) is 12.4. The van der Waals surface area contributed by atoms with Crippen molar-refractivity contribution in [3.8, 4) is 11.1 Å². The van der Waals surface area contributed by atoms with Gasteiger partial charge in [-0.25, -0.2) is 4.98 Å². The van der Waals surface area contributed by atoms with Gasteiger partial charge in [0.2, 0.25) is 5.91 Å². The number of rotatable bonds is 11. The molecule has 2 aliphatic heterocycles. The van der Waals surface area contributed by atoms with Gasteiger partial charge in [-0.3, -0.25) is 24.0 Å². The molecular weight excluding hydrogens is 705 g/mol. The molecule has 15 heteroatoms. The molecule has 2 aromatic heterocycles. The fourth-order valence-electron chi connectivity index (χ4n) is 7.97. The van der Waals surface area contributed by atoms with Crippen LogP contribution < -0.4 is 32.3 Å². The normalized spacial score (nSPS) is 20.7. The molecule has 4 heterocycles. The van der Waals surface area contributed by atoms with E-state index in [4.69, 9.17) is 24.4 Å². The van der Waals surface area contributed by atoms with Crippen molar-refractivity contribution >= 4 is 36.9 Å². The van der Waals surface area contributed by atoms with Gasteiger partial charge in [-0.1, -0.05) is 32.0 Å². The lowest BCUT2D eigenvalue weighted by atomic mass is 9.84. The highest BCUT2D eigenvalue weighted by atomic mass is 16.2. The third-order valence-electron chi connectivity index (χ3n) is 11.4. The average molecular weight is 760 g/mol. The number of fused-ring (bicyclic) bond motifs is 3. The van der Waals surface area contributed by atoms with Gasteiger partial charge in [0.1, 0.15) is 17.2 Å². The van der Waals surface area contributed by atoms with Crippen molar-refractivity contribution in [3.63, 3.8) is 0 Å². The maximum atomic E-state index is 13.1. The van der Waals surface area contributed by atoms with Crippen LogP contribution in [0.1, 0.15) is 99.1 Å². The van der Waals surface area contributed by atoms with Crippen molar-refractivity contribution in [2.24, 2.45) is 17.4 Å². The minimum Gasteiger partial charge on any atom is -0.393 e. The Hall–Kier alpha value is -5.31. The Morgan fingerprint density at radius 3 is 2.43 bits per heavy atom. The zero-order chi connectivity index (χ0) is 39.9. The summed E-state index contributed by atoms with van der Waals surface area (Å²) in [6.07, 6.45) is 10.9.